The molecule has 6 heteroatoms. The van der Waals surface area contributed by atoms with Crippen molar-refractivity contribution < 1.29 is 9.59 Å². The van der Waals surface area contributed by atoms with Gasteiger partial charge < -0.3 is 15.1 Å². The summed E-state index contributed by atoms with van der Waals surface area (Å²) in [5.41, 5.74) is 3.54. The van der Waals surface area contributed by atoms with E-state index in [1.54, 1.807) is 4.90 Å². The van der Waals surface area contributed by atoms with Crippen LogP contribution >= 0.6 is 11.6 Å². The molecular weight excluding hydrogens is 410 g/mol. The number of anilines is 2. The first-order chi connectivity index (χ1) is 15.0. The second-order valence-electron chi connectivity index (χ2n) is 8.66. The fourth-order valence-electron chi connectivity index (χ4n) is 4.47. The van der Waals surface area contributed by atoms with Crippen molar-refractivity contribution in [3.8, 4) is 0 Å². The highest BCUT2D eigenvalue weighted by Gasteiger charge is 2.29. The van der Waals surface area contributed by atoms with Crippen LogP contribution in [0, 0.1) is 12.8 Å². The third-order valence-electron chi connectivity index (χ3n) is 6.29. The lowest BCUT2D eigenvalue weighted by atomic mass is 9.96. The lowest BCUT2D eigenvalue weighted by Gasteiger charge is -2.32. The molecule has 1 N–H and O–H groups in total. The molecule has 0 spiro atoms. The van der Waals surface area contributed by atoms with Crippen LogP contribution in [0.3, 0.4) is 0 Å². The Kier molecular flexibility index (Phi) is 6.81. The van der Waals surface area contributed by atoms with E-state index < -0.39 is 0 Å². The molecule has 2 amide bonds. The summed E-state index contributed by atoms with van der Waals surface area (Å²) in [7, 11) is 0. The molecule has 0 aromatic heterocycles. The SMILES string of the molecule is Cc1ccc(C(=O)N2CCCC(C(=O)Nc3ccc(N4CCCCC4)c(Cl)c3)C2)cc1. The van der Waals surface area contributed by atoms with Gasteiger partial charge in [0.2, 0.25) is 5.91 Å². The summed E-state index contributed by atoms with van der Waals surface area (Å²) in [5.74, 6) is -0.279. The Bertz CT molecular complexity index is 938. The molecular formula is C25H30ClN3O2. The predicted molar refractivity (Wildman–Crippen MR) is 126 cm³/mol. The fraction of sp³-hybridized carbons (Fsp3) is 0.440. The molecule has 2 aliphatic rings. The normalized spacial score (nSPS) is 19.2. The fourth-order valence-corrected chi connectivity index (χ4v) is 4.77. The zero-order valence-electron chi connectivity index (χ0n) is 18.1. The van der Waals surface area contributed by atoms with E-state index in [-0.39, 0.29) is 17.7 Å². The van der Waals surface area contributed by atoms with Crippen LogP contribution < -0.4 is 10.2 Å². The molecule has 0 bridgehead atoms. The molecule has 2 saturated heterocycles. The summed E-state index contributed by atoms with van der Waals surface area (Å²) in [6.45, 7) is 5.18. The number of hydrogen-bond donors (Lipinski definition) is 1. The zero-order valence-corrected chi connectivity index (χ0v) is 18.8. The summed E-state index contributed by atoms with van der Waals surface area (Å²) in [4.78, 5) is 29.9. The molecule has 4 rings (SSSR count). The van der Waals surface area contributed by atoms with Crippen LogP contribution in [0.15, 0.2) is 42.5 Å². The molecule has 31 heavy (non-hydrogen) atoms. The minimum absolute atomic E-state index is 0.00794. The summed E-state index contributed by atoms with van der Waals surface area (Å²) >= 11 is 6.53. The largest absolute Gasteiger partial charge is 0.370 e. The van der Waals surface area contributed by atoms with Gasteiger partial charge >= 0.3 is 0 Å². The summed E-state index contributed by atoms with van der Waals surface area (Å²) in [5, 5.41) is 3.68. The number of nitrogens with zero attached hydrogens (tertiary/aromatic N) is 2. The number of benzene rings is 2. The van der Waals surface area contributed by atoms with Crippen molar-refractivity contribution in [2.45, 2.75) is 39.0 Å². The number of carbonyl (C=O) groups excluding carboxylic acids is 2. The predicted octanol–water partition coefficient (Wildman–Crippen LogP) is 5.13. The Morgan fingerprint density at radius 1 is 0.968 bits per heavy atom. The standard InChI is InChI=1S/C25H30ClN3O2/c1-18-7-9-19(10-8-18)25(31)29-15-5-6-20(17-29)24(30)27-21-11-12-23(22(26)16-21)28-13-3-2-4-14-28/h7-12,16,20H,2-6,13-15,17H2,1H3,(H,27,30). The van der Waals surface area contributed by atoms with Crippen LogP contribution in [-0.2, 0) is 4.79 Å². The second kappa shape index (κ2) is 9.73. The van der Waals surface area contributed by atoms with Crippen molar-refractivity contribution in [2.75, 3.05) is 36.4 Å². The van der Waals surface area contributed by atoms with Crippen molar-refractivity contribution in [3.63, 3.8) is 0 Å². The number of nitrogens with one attached hydrogen (secondary N) is 1. The van der Waals surface area contributed by atoms with Crippen LogP contribution in [0.2, 0.25) is 5.02 Å². The number of carbonyl (C=O) groups is 2. The Labute approximate surface area is 189 Å². The first kappa shape index (κ1) is 21.7. The minimum atomic E-state index is -0.219. The van der Waals surface area contributed by atoms with Crippen LogP contribution in [0.25, 0.3) is 0 Å². The van der Waals surface area contributed by atoms with Gasteiger partial charge in [-0.25, -0.2) is 0 Å². The van der Waals surface area contributed by atoms with Crippen molar-refractivity contribution in [3.05, 3.63) is 58.6 Å². The number of rotatable bonds is 4. The molecule has 0 saturated carbocycles. The van der Waals surface area contributed by atoms with Crippen LogP contribution in [0.5, 0.6) is 0 Å². The third kappa shape index (κ3) is 5.21. The molecule has 5 nitrogen and oxygen atoms in total. The highest BCUT2D eigenvalue weighted by atomic mass is 35.5. The maximum atomic E-state index is 12.9. The van der Waals surface area contributed by atoms with E-state index >= 15 is 0 Å². The van der Waals surface area contributed by atoms with E-state index in [0.717, 1.165) is 37.2 Å². The van der Waals surface area contributed by atoms with Crippen LogP contribution in [-0.4, -0.2) is 42.9 Å². The molecule has 2 aliphatic heterocycles. The molecule has 0 radical (unpaired) electrons. The summed E-state index contributed by atoms with van der Waals surface area (Å²) in [6.07, 6.45) is 5.25. The second-order valence-corrected chi connectivity index (χ2v) is 9.07. The maximum absolute atomic E-state index is 12.9. The average molecular weight is 440 g/mol. The maximum Gasteiger partial charge on any atom is 0.253 e. The lowest BCUT2D eigenvalue weighted by Crippen LogP contribution is -2.43. The van der Waals surface area contributed by atoms with E-state index in [1.807, 2.05) is 49.4 Å². The van der Waals surface area contributed by atoms with Gasteiger partial charge in [0.25, 0.3) is 5.91 Å². The van der Waals surface area contributed by atoms with E-state index in [0.29, 0.717) is 29.4 Å². The summed E-state index contributed by atoms with van der Waals surface area (Å²) in [6, 6.07) is 13.3. The van der Waals surface area contributed by atoms with Crippen molar-refractivity contribution in [1.29, 1.82) is 0 Å². The number of hydrogen-bond acceptors (Lipinski definition) is 3. The first-order valence-corrected chi connectivity index (χ1v) is 11.6. The highest BCUT2D eigenvalue weighted by Crippen LogP contribution is 2.31. The van der Waals surface area contributed by atoms with Gasteiger partial charge in [-0.05, 0) is 69.4 Å². The third-order valence-corrected chi connectivity index (χ3v) is 6.59. The molecule has 1 atom stereocenters. The van der Waals surface area contributed by atoms with E-state index in [1.165, 1.54) is 19.3 Å². The molecule has 2 heterocycles. The van der Waals surface area contributed by atoms with Crippen LogP contribution in [0.4, 0.5) is 11.4 Å². The molecule has 2 aromatic carbocycles. The van der Waals surface area contributed by atoms with E-state index in [4.69, 9.17) is 11.6 Å². The number of halogens is 1. The highest BCUT2D eigenvalue weighted by molar-refractivity contribution is 6.33. The van der Waals surface area contributed by atoms with Gasteiger partial charge in [0.05, 0.1) is 16.6 Å². The average Bonchev–Trinajstić information content (AvgIpc) is 2.80. The first-order valence-electron chi connectivity index (χ1n) is 11.2. The zero-order chi connectivity index (χ0) is 21.8. The van der Waals surface area contributed by atoms with Gasteiger partial charge in [-0.3, -0.25) is 9.59 Å². The Balaban J connectivity index is 1.38. The molecule has 2 fully saturated rings. The van der Waals surface area contributed by atoms with Gasteiger partial charge in [-0.2, -0.15) is 0 Å². The molecule has 1 unspecified atom stereocenters. The van der Waals surface area contributed by atoms with Gasteiger partial charge in [-0.1, -0.05) is 29.3 Å². The molecule has 164 valence electrons. The lowest BCUT2D eigenvalue weighted by molar-refractivity contribution is -0.121. The van der Waals surface area contributed by atoms with Crippen molar-refractivity contribution in [1.82, 2.24) is 4.90 Å². The Hall–Kier alpha value is -2.53. The van der Waals surface area contributed by atoms with Gasteiger partial charge in [0, 0.05) is 37.4 Å². The van der Waals surface area contributed by atoms with Crippen molar-refractivity contribution in [2.24, 2.45) is 5.92 Å². The molecule has 0 aliphatic carbocycles. The van der Waals surface area contributed by atoms with Crippen LogP contribution in [0.1, 0.15) is 48.0 Å². The number of aryl methyl sites for hydroxylation is 1. The van der Waals surface area contributed by atoms with E-state index in [2.05, 4.69) is 10.2 Å². The Morgan fingerprint density at radius 2 is 1.71 bits per heavy atom. The van der Waals surface area contributed by atoms with Gasteiger partial charge in [0.15, 0.2) is 0 Å². The topological polar surface area (TPSA) is 52.7 Å². The smallest absolute Gasteiger partial charge is 0.253 e. The number of likely N-dealkylation sites (tertiary alicyclic amines) is 1. The number of amides is 2. The van der Waals surface area contributed by atoms with Gasteiger partial charge in [-0.15, -0.1) is 0 Å². The quantitative estimate of drug-likeness (QED) is 0.718. The monoisotopic (exact) mass is 439 g/mol. The minimum Gasteiger partial charge on any atom is -0.370 e. The number of piperidine rings is 2. The van der Waals surface area contributed by atoms with Crippen molar-refractivity contribution >= 4 is 34.8 Å². The molecule has 2 aromatic rings. The Morgan fingerprint density at radius 3 is 2.42 bits per heavy atom. The summed E-state index contributed by atoms with van der Waals surface area (Å²) < 4.78 is 0. The van der Waals surface area contributed by atoms with E-state index in [9.17, 15) is 9.59 Å². The van der Waals surface area contributed by atoms with Gasteiger partial charge in [0.1, 0.15) is 0 Å².